The van der Waals surface area contributed by atoms with Crippen LogP contribution in [0.5, 0.6) is 0 Å². The van der Waals surface area contributed by atoms with Gasteiger partial charge in [0.05, 0.1) is 0 Å². The van der Waals surface area contributed by atoms with E-state index in [0.717, 1.165) is 29.5 Å². The van der Waals surface area contributed by atoms with Crippen molar-refractivity contribution < 1.29 is 0 Å². The number of hydrogen-bond donors (Lipinski definition) is 1. The van der Waals surface area contributed by atoms with Crippen LogP contribution in [0.15, 0.2) is 30.6 Å². The van der Waals surface area contributed by atoms with Gasteiger partial charge in [0.1, 0.15) is 0 Å². The summed E-state index contributed by atoms with van der Waals surface area (Å²) in [6.45, 7) is 8.79. The molecule has 1 aromatic heterocycles. The summed E-state index contributed by atoms with van der Waals surface area (Å²) in [5, 5.41) is 2.24. The van der Waals surface area contributed by atoms with Crippen molar-refractivity contribution in [3.8, 4) is 0 Å². The molecule has 0 spiro atoms. The van der Waals surface area contributed by atoms with Gasteiger partial charge in [-0.05, 0) is 31.0 Å². The van der Waals surface area contributed by atoms with Crippen molar-refractivity contribution in [2.24, 2.45) is 5.92 Å². The van der Waals surface area contributed by atoms with Crippen LogP contribution in [0, 0.1) is 5.92 Å². The smallest absolute Gasteiger partial charge is 0.0463 e. The van der Waals surface area contributed by atoms with Gasteiger partial charge in [-0.15, -0.1) is 0 Å². The quantitative estimate of drug-likeness (QED) is 0.831. The summed E-state index contributed by atoms with van der Waals surface area (Å²) in [6.07, 6.45) is 4.91. The number of nitrogens with two attached hydrogens (primary N) is 1. The third-order valence-corrected chi connectivity index (χ3v) is 3.78. The Kier molecular flexibility index (Phi) is 4.25. The number of anilines is 2. The number of fused-ring (bicyclic) bond motifs is 1. The Labute approximate surface area is 115 Å². The summed E-state index contributed by atoms with van der Waals surface area (Å²) in [4.78, 5) is 6.66. The maximum absolute atomic E-state index is 6.05. The average molecular weight is 257 g/mol. The lowest BCUT2D eigenvalue weighted by molar-refractivity contribution is 0.549. The molecule has 0 aliphatic carbocycles. The molecule has 19 heavy (non-hydrogen) atoms. The number of nitrogen functional groups attached to an aromatic ring is 1. The number of benzene rings is 1. The highest BCUT2D eigenvalue weighted by Crippen LogP contribution is 2.30. The van der Waals surface area contributed by atoms with Gasteiger partial charge in [-0.1, -0.05) is 20.3 Å². The molecule has 1 heterocycles. The molecule has 102 valence electrons. The number of nitrogens with zero attached hydrogens (tertiary/aromatic N) is 2. The van der Waals surface area contributed by atoms with Crippen LogP contribution in [0.3, 0.4) is 0 Å². The normalized spacial score (nSPS) is 12.6. The second-order valence-corrected chi connectivity index (χ2v) is 5.15. The van der Waals surface area contributed by atoms with Crippen molar-refractivity contribution >= 4 is 22.1 Å². The zero-order valence-corrected chi connectivity index (χ0v) is 12.1. The molecule has 3 nitrogen and oxygen atoms in total. The first-order chi connectivity index (χ1) is 9.17. The van der Waals surface area contributed by atoms with Crippen molar-refractivity contribution in [1.29, 1.82) is 0 Å². The Balaban J connectivity index is 2.46. The number of pyridine rings is 1. The maximum atomic E-state index is 6.05. The van der Waals surface area contributed by atoms with Crippen LogP contribution in [0.4, 0.5) is 11.4 Å². The molecule has 0 aliphatic heterocycles. The van der Waals surface area contributed by atoms with Crippen LogP contribution in [0.25, 0.3) is 10.8 Å². The Morgan fingerprint density at radius 1 is 1.21 bits per heavy atom. The highest BCUT2D eigenvalue weighted by atomic mass is 15.1. The van der Waals surface area contributed by atoms with Gasteiger partial charge < -0.3 is 10.6 Å². The number of rotatable bonds is 5. The minimum Gasteiger partial charge on any atom is -0.398 e. The van der Waals surface area contributed by atoms with Crippen molar-refractivity contribution in [2.45, 2.75) is 27.2 Å². The predicted molar refractivity (Wildman–Crippen MR) is 83.5 cm³/mol. The van der Waals surface area contributed by atoms with Gasteiger partial charge in [0.2, 0.25) is 0 Å². The molecule has 2 N–H and O–H groups in total. The molecule has 0 radical (unpaired) electrons. The molecule has 0 bridgehead atoms. The van der Waals surface area contributed by atoms with Gasteiger partial charge in [0.25, 0.3) is 0 Å². The molecule has 2 aromatic rings. The third kappa shape index (κ3) is 2.80. The molecule has 0 fully saturated rings. The van der Waals surface area contributed by atoms with Gasteiger partial charge >= 0.3 is 0 Å². The van der Waals surface area contributed by atoms with E-state index in [9.17, 15) is 0 Å². The lowest BCUT2D eigenvalue weighted by Gasteiger charge is -2.27. The lowest BCUT2D eigenvalue weighted by Crippen LogP contribution is -2.28. The molecule has 3 heteroatoms. The molecule has 1 aromatic carbocycles. The summed E-state index contributed by atoms with van der Waals surface area (Å²) in [7, 11) is 0. The topological polar surface area (TPSA) is 42.1 Å². The molecule has 1 unspecified atom stereocenters. The first kappa shape index (κ1) is 13.7. The van der Waals surface area contributed by atoms with E-state index in [2.05, 4.69) is 36.7 Å². The Hall–Kier alpha value is -1.77. The van der Waals surface area contributed by atoms with E-state index in [1.165, 1.54) is 12.1 Å². The second kappa shape index (κ2) is 5.91. The fourth-order valence-corrected chi connectivity index (χ4v) is 2.38. The monoisotopic (exact) mass is 257 g/mol. The minimum absolute atomic E-state index is 0.684. The Morgan fingerprint density at radius 3 is 2.68 bits per heavy atom. The second-order valence-electron chi connectivity index (χ2n) is 5.15. The van der Waals surface area contributed by atoms with Crippen molar-refractivity contribution in [2.75, 3.05) is 23.7 Å². The molecule has 1 atom stereocenters. The van der Waals surface area contributed by atoms with Crippen LogP contribution in [0.2, 0.25) is 0 Å². The van der Waals surface area contributed by atoms with E-state index in [0.29, 0.717) is 5.92 Å². The standard InChI is InChI=1S/C16H23N3/c1-4-12(3)11-19(5-2)16-7-6-15(17)13-8-9-18-10-14(13)16/h6-10,12H,4-5,11,17H2,1-3H3. The molecule has 2 rings (SSSR count). The van der Waals surface area contributed by atoms with Gasteiger partial charge in [-0.3, -0.25) is 4.98 Å². The summed E-state index contributed by atoms with van der Waals surface area (Å²) in [5.41, 5.74) is 8.10. The van der Waals surface area contributed by atoms with Crippen molar-refractivity contribution in [3.63, 3.8) is 0 Å². The highest BCUT2D eigenvalue weighted by molar-refractivity contribution is 6.00. The molecule has 0 aliphatic rings. The van der Waals surface area contributed by atoms with Crippen LogP contribution in [-0.2, 0) is 0 Å². The van der Waals surface area contributed by atoms with E-state index >= 15 is 0 Å². The summed E-state index contributed by atoms with van der Waals surface area (Å²) in [6, 6.07) is 6.10. The van der Waals surface area contributed by atoms with Gasteiger partial charge in [0, 0.05) is 47.6 Å². The highest BCUT2D eigenvalue weighted by Gasteiger charge is 2.12. The van der Waals surface area contributed by atoms with E-state index in [1.54, 1.807) is 6.20 Å². The van der Waals surface area contributed by atoms with Gasteiger partial charge in [0.15, 0.2) is 0 Å². The largest absolute Gasteiger partial charge is 0.398 e. The zero-order valence-electron chi connectivity index (χ0n) is 12.1. The zero-order chi connectivity index (χ0) is 13.8. The Bertz CT molecular complexity index is 551. The summed E-state index contributed by atoms with van der Waals surface area (Å²) < 4.78 is 0. The maximum Gasteiger partial charge on any atom is 0.0463 e. The van der Waals surface area contributed by atoms with E-state index < -0.39 is 0 Å². The average Bonchev–Trinajstić information content (AvgIpc) is 2.45. The molecule has 0 saturated carbocycles. The predicted octanol–water partition coefficient (Wildman–Crippen LogP) is 3.69. The van der Waals surface area contributed by atoms with E-state index in [1.807, 2.05) is 18.3 Å². The first-order valence-corrected chi connectivity index (χ1v) is 7.04. The van der Waals surface area contributed by atoms with Crippen LogP contribution >= 0.6 is 0 Å². The first-order valence-electron chi connectivity index (χ1n) is 7.04. The fourth-order valence-electron chi connectivity index (χ4n) is 2.38. The number of aromatic nitrogens is 1. The lowest BCUT2D eigenvalue weighted by atomic mass is 10.1. The van der Waals surface area contributed by atoms with Crippen molar-refractivity contribution in [3.05, 3.63) is 30.6 Å². The van der Waals surface area contributed by atoms with E-state index in [4.69, 9.17) is 5.73 Å². The molecular weight excluding hydrogens is 234 g/mol. The van der Waals surface area contributed by atoms with Crippen LogP contribution < -0.4 is 10.6 Å². The van der Waals surface area contributed by atoms with Crippen LogP contribution in [-0.4, -0.2) is 18.1 Å². The minimum atomic E-state index is 0.684. The van der Waals surface area contributed by atoms with Crippen molar-refractivity contribution in [1.82, 2.24) is 4.98 Å². The van der Waals surface area contributed by atoms with E-state index in [-0.39, 0.29) is 0 Å². The molecule has 0 saturated heterocycles. The summed E-state index contributed by atoms with van der Waals surface area (Å²) >= 11 is 0. The summed E-state index contributed by atoms with van der Waals surface area (Å²) in [5.74, 6) is 0.684. The van der Waals surface area contributed by atoms with Gasteiger partial charge in [-0.25, -0.2) is 0 Å². The molecule has 0 amide bonds. The third-order valence-electron chi connectivity index (χ3n) is 3.78. The van der Waals surface area contributed by atoms with Crippen LogP contribution in [0.1, 0.15) is 27.2 Å². The number of hydrogen-bond acceptors (Lipinski definition) is 3. The SMILES string of the molecule is CCC(C)CN(CC)c1ccc(N)c2ccncc12. The fraction of sp³-hybridized carbons (Fsp3) is 0.438. The Morgan fingerprint density at radius 2 is 2.00 bits per heavy atom. The molecular formula is C16H23N3. The van der Waals surface area contributed by atoms with Gasteiger partial charge in [-0.2, -0.15) is 0 Å².